The maximum Gasteiger partial charge on any atom is 0.227 e. The number of anilines is 1. The molecule has 3 nitrogen and oxygen atoms in total. The number of hydrogen-bond acceptors (Lipinski definition) is 2. The Bertz CT molecular complexity index is 572. The lowest BCUT2D eigenvalue weighted by Crippen LogP contribution is -2.40. The lowest BCUT2D eigenvalue weighted by molar-refractivity contribution is -0.136. The lowest BCUT2D eigenvalue weighted by Gasteiger charge is -2.37. The molecule has 112 valence electrons. The fraction of sp³-hybridized carbons (Fsp3) is 0.500. The number of Topliss-reactive ketones (excluding diaryl/α,β-unsaturated/α-hetero) is 1. The molecule has 0 aromatic heterocycles. The zero-order valence-corrected chi connectivity index (χ0v) is 13.1. The van der Waals surface area contributed by atoms with Crippen LogP contribution < -0.4 is 5.32 Å². The van der Waals surface area contributed by atoms with Crippen molar-refractivity contribution in [3.05, 3.63) is 28.2 Å². The van der Waals surface area contributed by atoms with Crippen molar-refractivity contribution in [1.29, 1.82) is 0 Å². The molecule has 0 saturated heterocycles. The summed E-state index contributed by atoms with van der Waals surface area (Å²) in [7, 11) is 0. The zero-order valence-electron chi connectivity index (χ0n) is 11.6. The maximum atomic E-state index is 12.4. The number of rotatable bonds is 2. The molecule has 2 aliphatic carbocycles. The minimum absolute atomic E-state index is 0.0523. The summed E-state index contributed by atoms with van der Waals surface area (Å²) in [6, 6.07) is 5.17. The molecule has 1 amide bonds. The van der Waals surface area contributed by atoms with Gasteiger partial charge in [0.05, 0.1) is 15.7 Å². The zero-order chi connectivity index (χ0) is 15.0. The predicted molar refractivity (Wildman–Crippen MR) is 83.7 cm³/mol. The number of benzene rings is 1. The third kappa shape index (κ3) is 2.95. The van der Waals surface area contributed by atoms with Gasteiger partial charge < -0.3 is 5.32 Å². The Hall–Kier alpha value is -1.06. The van der Waals surface area contributed by atoms with Crippen LogP contribution in [0.2, 0.25) is 10.0 Å². The molecular formula is C16H17Cl2NO2. The third-order valence-electron chi connectivity index (χ3n) is 4.63. The summed E-state index contributed by atoms with van der Waals surface area (Å²) < 4.78 is 0. The Morgan fingerprint density at radius 3 is 2.48 bits per heavy atom. The first-order valence-corrected chi connectivity index (χ1v) is 8.10. The maximum absolute atomic E-state index is 12.4. The molecule has 0 aliphatic heterocycles. The van der Waals surface area contributed by atoms with Crippen molar-refractivity contribution < 1.29 is 9.59 Å². The SMILES string of the molecule is O=C(Nc1cccc(Cl)c1Cl)C1C[C@H]2CCC[C@@H](C1)C2=O. The molecule has 1 unspecified atom stereocenters. The van der Waals surface area contributed by atoms with Gasteiger partial charge in [-0.25, -0.2) is 0 Å². The van der Waals surface area contributed by atoms with Crippen LogP contribution in [0.1, 0.15) is 32.1 Å². The second-order valence-electron chi connectivity index (χ2n) is 5.99. The number of ketones is 1. The molecule has 0 heterocycles. The highest BCUT2D eigenvalue weighted by molar-refractivity contribution is 6.44. The average molecular weight is 326 g/mol. The molecule has 2 saturated carbocycles. The van der Waals surface area contributed by atoms with E-state index in [0.29, 0.717) is 34.4 Å². The van der Waals surface area contributed by atoms with E-state index in [1.54, 1.807) is 18.2 Å². The normalized spacial score (nSPS) is 28.3. The van der Waals surface area contributed by atoms with E-state index in [1.165, 1.54) is 0 Å². The Kier molecular flexibility index (Phi) is 4.23. The molecule has 1 aromatic carbocycles. The minimum atomic E-state index is -0.104. The van der Waals surface area contributed by atoms with Crippen molar-refractivity contribution in [2.75, 3.05) is 5.32 Å². The molecule has 3 atom stereocenters. The van der Waals surface area contributed by atoms with Gasteiger partial charge in [0.25, 0.3) is 0 Å². The van der Waals surface area contributed by atoms with Gasteiger partial charge in [-0.05, 0) is 37.8 Å². The molecule has 2 fully saturated rings. The minimum Gasteiger partial charge on any atom is -0.324 e. The summed E-state index contributed by atoms with van der Waals surface area (Å²) in [4.78, 5) is 24.5. The van der Waals surface area contributed by atoms with E-state index in [-0.39, 0.29) is 23.7 Å². The summed E-state index contributed by atoms with van der Waals surface area (Å²) >= 11 is 12.0. The van der Waals surface area contributed by atoms with Gasteiger partial charge in [0.2, 0.25) is 5.91 Å². The first kappa shape index (κ1) is 14.9. The highest BCUT2D eigenvalue weighted by atomic mass is 35.5. The van der Waals surface area contributed by atoms with Crippen LogP contribution in [0.15, 0.2) is 18.2 Å². The van der Waals surface area contributed by atoms with E-state index >= 15 is 0 Å². The Balaban J connectivity index is 1.71. The van der Waals surface area contributed by atoms with Gasteiger partial charge in [-0.15, -0.1) is 0 Å². The molecule has 0 radical (unpaired) electrons. The molecular weight excluding hydrogens is 309 g/mol. The molecule has 21 heavy (non-hydrogen) atoms. The van der Waals surface area contributed by atoms with Crippen molar-refractivity contribution in [2.24, 2.45) is 17.8 Å². The van der Waals surface area contributed by atoms with Crippen molar-refractivity contribution in [3.8, 4) is 0 Å². The van der Waals surface area contributed by atoms with E-state index in [4.69, 9.17) is 23.2 Å². The van der Waals surface area contributed by atoms with Gasteiger partial charge in [0.1, 0.15) is 5.78 Å². The Morgan fingerprint density at radius 2 is 1.81 bits per heavy atom. The van der Waals surface area contributed by atoms with Crippen molar-refractivity contribution in [3.63, 3.8) is 0 Å². The number of fused-ring (bicyclic) bond motifs is 2. The lowest BCUT2D eigenvalue weighted by atomic mass is 9.67. The largest absolute Gasteiger partial charge is 0.324 e. The number of nitrogens with one attached hydrogen (secondary N) is 1. The van der Waals surface area contributed by atoms with Gasteiger partial charge in [-0.1, -0.05) is 35.7 Å². The van der Waals surface area contributed by atoms with Crippen molar-refractivity contribution >= 4 is 40.6 Å². The van der Waals surface area contributed by atoms with Gasteiger partial charge >= 0.3 is 0 Å². The number of carbonyl (C=O) groups excluding carboxylic acids is 2. The van der Waals surface area contributed by atoms with Crippen LogP contribution in [0.5, 0.6) is 0 Å². The number of amides is 1. The molecule has 5 heteroatoms. The number of carbonyl (C=O) groups is 2. The summed E-state index contributed by atoms with van der Waals surface area (Å²) in [6.07, 6.45) is 4.29. The molecule has 2 bridgehead atoms. The standard InChI is InChI=1S/C16H17Cl2NO2/c17-12-5-2-6-13(14(12)18)19-16(21)11-7-9-3-1-4-10(8-11)15(9)20/h2,5-6,9-11H,1,3-4,7-8H2,(H,19,21)/t9-,10+,11?. The fourth-order valence-corrected chi connectivity index (χ4v) is 3.88. The van der Waals surface area contributed by atoms with Gasteiger partial charge in [-0.3, -0.25) is 9.59 Å². The van der Waals surface area contributed by atoms with Crippen LogP contribution in [-0.4, -0.2) is 11.7 Å². The molecule has 3 rings (SSSR count). The van der Waals surface area contributed by atoms with Crippen molar-refractivity contribution in [2.45, 2.75) is 32.1 Å². The number of hydrogen-bond donors (Lipinski definition) is 1. The molecule has 1 N–H and O–H groups in total. The first-order chi connectivity index (χ1) is 10.1. The van der Waals surface area contributed by atoms with E-state index in [9.17, 15) is 9.59 Å². The van der Waals surface area contributed by atoms with Crippen LogP contribution in [0.3, 0.4) is 0 Å². The van der Waals surface area contributed by atoms with E-state index < -0.39 is 0 Å². The van der Waals surface area contributed by atoms with Gasteiger partial charge in [-0.2, -0.15) is 0 Å². The summed E-state index contributed by atoms with van der Waals surface area (Å²) in [5.41, 5.74) is 0.538. The van der Waals surface area contributed by atoms with Gasteiger partial charge in [0.15, 0.2) is 0 Å². The second kappa shape index (κ2) is 5.98. The molecule has 1 aromatic rings. The van der Waals surface area contributed by atoms with Crippen LogP contribution in [0.4, 0.5) is 5.69 Å². The third-order valence-corrected chi connectivity index (χ3v) is 5.45. The summed E-state index contributed by atoms with van der Waals surface area (Å²) in [5, 5.41) is 3.64. The van der Waals surface area contributed by atoms with Gasteiger partial charge in [0, 0.05) is 17.8 Å². The predicted octanol–water partition coefficient (Wildman–Crippen LogP) is 4.33. The van der Waals surface area contributed by atoms with Crippen molar-refractivity contribution in [1.82, 2.24) is 0 Å². The van der Waals surface area contributed by atoms with Crippen LogP contribution in [0, 0.1) is 17.8 Å². The van der Waals surface area contributed by atoms with E-state index in [2.05, 4.69) is 5.32 Å². The topological polar surface area (TPSA) is 46.2 Å². The van der Waals surface area contributed by atoms with Crippen LogP contribution in [0.25, 0.3) is 0 Å². The average Bonchev–Trinajstić information content (AvgIpc) is 2.43. The first-order valence-electron chi connectivity index (χ1n) is 7.35. The smallest absolute Gasteiger partial charge is 0.227 e. The molecule has 2 aliphatic rings. The monoisotopic (exact) mass is 325 g/mol. The summed E-state index contributed by atoms with van der Waals surface area (Å²) in [5.74, 6) is 0.355. The Labute approximate surface area is 134 Å². The highest BCUT2D eigenvalue weighted by Crippen LogP contribution is 2.40. The summed E-state index contributed by atoms with van der Waals surface area (Å²) in [6.45, 7) is 0. The number of halogens is 2. The van der Waals surface area contributed by atoms with Crippen LogP contribution >= 0.6 is 23.2 Å². The second-order valence-corrected chi connectivity index (χ2v) is 6.77. The van der Waals surface area contributed by atoms with Crippen LogP contribution in [-0.2, 0) is 9.59 Å². The Morgan fingerprint density at radius 1 is 1.14 bits per heavy atom. The van der Waals surface area contributed by atoms with E-state index in [1.807, 2.05) is 0 Å². The highest BCUT2D eigenvalue weighted by Gasteiger charge is 2.41. The quantitative estimate of drug-likeness (QED) is 0.879. The molecule has 0 spiro atoms. The van der Waals surface area contributed by atoms with E-state index in [0.717, 1.165) is 19.3 Å². The fourth-order valence-electron chi connectivity index (χ4n) is 3.53.